The van der Waals surface area contributed by atoms with Crippen molar-refractivity contribution in [3.63, 3.8) is 0 Å². The molecular weight excluding hydrogens is 308 g/mol. The third-order valence-electron chi connectivity index (χ3n) is 1.97. The molecule has 0 unspecified atom stereocenters. The number of rotatable bonds is 3. The molecule has 0 heterocycles. The predicted molar refractivity (Wildman–Crippen MR) is 68.8 cm³/mol. The maximum Gasteiger partial charge on any atom is 2.00 e. The third kappa shape index (κ3) is 4.02. The Morgan fingerprint density at radius 1 is 1.17 bits per heavy atom. The van der Waals surface area contributed by atoms with Crippen molar-refractivity contribution >= 4 is 63.5 Å². The first kappa shape index (κ1) is 18.0. The molecule has 1 rings (SSSR count). The normalized spacial score (nSPS) is 11.7. The first-order valence-corrected chi connectivity index (χ1v) is 7.17. The largest absolute Gasteiger partial charge is 2.00 e. The monoisotopic (exact) mass is 320 g/mol. The predicted octanol–water partition coefficient (Wildman–Crippen LogP) is 1.06. The van der Waals surface area contributed by atoms with Crippen molar-refractivity contribution in [1.82, 2.24) is 0 Å². The first-order chi connectivity index (χ1) is 7.55. The van der Waals surface area contributed by atoms with Gasteiger partial charge in [-0.25, -0.2) is 0 Å². The zero-order valence-corrected chi connectivity index (χ0v) is 13.3. The minimum Gasteiger partial charge on any atom is -1.00 e. The van der Waals surface area contributed by atoms with Gasteiger partial charge in [0.25, 0.3) is 20.2 Å². The number of allylic oxidation sites excluding steroid dienone is 1. The molecule has 0 amide bonds. The molecule has 0 spiro atoms. The van der Waals surface area contributed by atoms with Crippen molar-refractivity contribution < 1.29 is 28.8 Å². The van der Waals surface area contributed by atoms with Crippen LogP contribution in [0.2, 0.25) is 0 Å². The fourth-order valence-corrected chi connectivity index (χ4v) is 3.39. The second-order valence-electron chi connectivity index (χ2n) is 3.36. The Morgan fingerprint density at radius 2 is 1.67 bits per heavy atom. The molecule has 9 heteroatoms. The summed E-state index contributed by atoms with van der Waals surface area (Å²) in [6.45, 7) is 4.91. The second kappa shape index (κ2) is 6.00. The van der Waals surface area contributed by atoms with Gasteiger partial charge in [0.05, 0.1) is 0 Å². The molecule has 0 atom stereocenters. The van der Waals surface area contributed by atoms with Crippen LogP contribution in [0.4, 0.5) is 0 Å². The van der Waals surface area contributed by atoms with Crippen LogP contribution in [0.1, 0.15) is 15.3 Å². The molecule has 0 bridgehead atoms. The van der Waals surface area contributed by atoms with E-state index < -0.39 is 30.0 Å². The van der Waals surface area contributed by atoms with Crippen molar-refractivity contribution in [2.45, 2.75) is 16.7 Å². The van der Waals surface area contributed by atoms with Gasteiger partial charge in [-0.2, -0.15) is 16.8 Å². The molecule has 0 saturated carbocycles. The average Bonchev–Trinajstić information content (AvgIpc) is 2.13. The van der Waals surface area contributed by atoms with Crippen LogP contribution in [-0.2, 0) is 20.2 Å². The summed E-state index contributed by atoms with van der Waals surface area (Å²) in [6.07, 6.45) is 0. The van der Waals surface area contributed by atoms with Crippen LogP contribution in [0.5, 0.6) is 0 Å². The van der Waals surface area contributed by atoms with E-state index in [-0.39, 0.29) is 51.7 Å². The molecule has 0 aliphatic heterocycles. The zero-order chi connectivity index (χ0) is 13.4. The first-order valence-electron chi connectivity index (χ1n) is 4.29. The molecule has 0 aliphatic carbocycles. The van der Waals surface area contributed by atoms with Gasteiger partial charge in [-0.15, -0.1) is 0 Å². The van der Waals surface area contributed by atoms with Gasteiger partial charge in [-0.3, -0.25) is 9.11 Å². The summed E-state index contributed by atoms with van der Waals surface area (Å²) in [5, 5.41) is 0. The summed E-state index contributed by atoms with van der Waals surface area (Å²) in [5.74, 6) is 0. The fraction of sp³-hybridized carbons (Fsp3) is 0.111. The smallest absolute Gasteiger partial charge is 1.00 e. The van der Waals surface area contributed by atoms with E-state index in [0.29, 0.717) is 0 Å². The standard InChI is InChI=1S/C9H10O6S2.Ca.2H/c1-6(2)7-4-3-5-8(16(10,11)12)9(7)17(13,14)15;;;/h3-5H,1H2,2H3,(H,10,11,12)(H,13,14,15);;;/q;+2;2*-1. The number of hydrogen-bond donors (Lipinski definition) is 2. The van der Waals surface area contributed by atoms with E-state index >= 15 is 0 Å². The van der Waals surface area contributed by atoms with E-state index in [1.807, 2.05) is 0 Å². The molecule has 0 aliphatic rings. The molecule has 1 aromatic rings. The average molecular weight is 320 g/mol. The van der Waals surface area contributed by atoms with Gasteiger partial charge < -0.3 is 2.85 Å². The van der Waals surface area contributed by atoms with E-state index in [0.717, 1.165) is 6.07 Å². The maximum atomic E-state index is 11.2. The summed E-state index contributed by atoms with van der Waals surface area (Å²) in [4.78, 5) is -1.74. The summed E-state index contributed by atoms with van der Waals surface area (Å²) >= 11 is 0. The zero-order valence-electron chi connectivity index (χ0n) is 11.5. The van der Waals surface area contributed by atoms with Gasteiger partial charge in [-0.1, -0.05) is 18.7 Å². The minimum absolute atomic E-state index is 0. The molecule has 1 aromatic carbocycles. The van der Waals surface area contributed by atoms with Crippen molar-refractivity contribution in [2.75, 3.05) is 0 Å². The van der Waals surface area contributed by atoms with Crippen LogP contribution < -0.4 is 0 Å². The Labute approximate surface area is 138 Å². The van der Waals surface area contributed by atoms with Gasteiger partial charge in [-0.05, 0) is 24.1 Å². The molecular formula is C9H12CaO6S2. The molecule has 98 valence electrons. The molecule has 2 N–H and O–H groups in total. The van der Waals surface area contributed by atoms with Crippen molar-refractivity contribution in [3.8, 4) is 0 Å². The van der Waals surface area contributed by atoms with Gasteiger partial charge in [0, 0.05) is 0 Å². The Balaban J connectivity index is -0.000000963. The van der Waals surface area contributed by atoms with E-state index in [1.165, 1.54) is 19.1 Å². The van der Waals surface area contributed by atoms with E-state index in [4.69, 9.17) is 9.11 Å². The molecule has 6 nitrogen and oxygen atoms in total. The maximum absolute atomic E-state index is 11.2. The van der Waals surface area contributed by atoms with Crippen LogP contribution in [0.25, 0.3) is 5.57 Å². The third-order valence-corrected chi connectivity index (χ3v) is 3.96. The van der Waals surface area contributed by atoms with E-state index in [2.05, 4.69) is 6.58 Å². The Morgan fingerprint density at radius 3 is 2.00 bits per heavy atom. The Hall–Kier alpha value is 0.0397. The number of benzene rings is 1. The molecule has 0 fully saturated rings. The van der Waals surface area contributed by atoms with Crippen molar-refractivity contribution in [3.05, 3.63) is 30.3 Å². The molecule has 0 radical (unpaired) electrons. The summed E-state index contributed by atoms with van der Waals surface area (Å²) < 4.78 is 62.3. The van der Waals surface area contributed by atoms with Crippen molar-refractivity contribution in [1.29, 1.82) is 0 Å². The molecule has 18 heavy (non-hydrogen) atoms. The van der Waals surface area contributed by atoms with Crippen LogP contribution in [0.3, 0.4) is 0 Å². The van der Waals surface area contributed by atoms with Crippen LogP contribution in [-0.4, -0.2) is 63.7 Å². The van der Waals surface area contributed by atoms with Gasteiger partial charge in [0.1, 0.15) is 9.79 Å². The van der Waals surface area contributed by atoms with Crippen LogP contribution in [0, 0.1) is 0 Å². The van der Waals surface area contributed by atoms with E-state index in [1.54, 1.807) is 0 Å². The summed E-state index contributed by atoms with van der Waals surface area (Å²) in [5.41, 5.74) is 0.172. The topological polar surface area (TPSA) is 109 Å². The van der Waals surface area contributed by atoms with Gasteiger partial charge >= 0.3 is 37.7 Å². The summed E-state index contributed by atoms with van der Waals surface area (Å²) in [7, 11) is -9.55. The molecule has 0 saturated heterocycles. The van der Waals surface area contributed by atoms with Crippen LogP contribution >= 0.6 is 0 Å². The van der Waals surface area contributed by atoms with E-state index in [9.17, 15) is 16.8 Å². The van der Waals surface area contributed by atoms with Gasteiger partial charge in [0.2, 0.25) is 0 Å². The second-order valence-corrected chi connectivity index (χ2v) is 6.11. The summed E-state index contributed by atoms with van der Waals surface area (Å²) in [6, 6.07) is 3.40. The Kier molecular flexibility index (Phi) is 6.01. The quantitative estimate of drug-likeness (QED) is 0.636. The van der Waals surface area contributed by atoms with Crippen molar-refractivity contribution in [2.24, 2.45) is 0 Å². The minimum atomic E-state index is -4.79. The number of hydrogen-bond acceptors (Lipinski definition) is 4. The Bertz CT molecular complexity index is 684. The molecule has 0 aromatic heterocycles. The fourth-order valence-electron chi connectivity index (χ4n) is 1.32. The SMILES string of the molecule is C=C(C)c1cccc(S(=O)(=O)O)c1S(=O)(=O)O.[Ca+2].[H-].[H-]. The van der Waals surface area contributed by atoms with Gasteiger partial charge in [0.15, 0.2) is 0 Å². The van der Waals surface area contributed by atoms with Crippen LogP contribution in [0.15, 0.2) is 34.6 Å².